The summed E-state index contributed by atoms with van der Waals surface area (Å²) in [6, 6.07) is 16.1. The first kappa shape index (κ1) is 18.6. The molecule has 0 unspecified atom stereocenters. The van der Waals surface area contributed by atoms with Crippen LogP contribution in [-0.4, -0.2) is 62.7 Å². The molecule has 2 aromatic carbocycles. The van der Waals surface area contributed by atoms with Crippen LogP contribution in [0.2, 0.25) is 0 Å². The lowest BCUT2D eigenvalue weighted by molar-refractivity contribution is -0.129. The van der Waals surface area contributed by atoms with Gasteiger partial charge in [0, 0.05) is 33.2 Å². The van der Waals surface area contributed by atoms with Crippen molar-refractivity contribution >= 4 is 38.3 Å². The van der Waals surface area contributed by atoms with Gasteiger partial charge in [-0.25, -0.2) is 4.98 Å². The van der Waals surface area contributed by atoms with Crippen LogP contribution in [0.3, 0.4) is 0 Å². The summed E-state index contributed by atoms with van der Waals surface area (Å²) in [7, 11) is 3.62. The van der Waals surface area contributed by atoms with Crippen LogP contribution in [0.15, 0.2) is 48.5 Å². The van der Waals surface area contributed by atoms with Gasteiger partial charge in [-0.15, -0.1) is 0 Å². The molecule has 6 nitrogen and oxygen atoms in total. The number of para-hydroxylation sites is 3. The summed E-state index contributed by atoms with van der Waals surface area (Å²) in [6.07, 6.45) is 0. The van der Waals surface area contributed by atoms with Crippen LogP contribution in [0.4, 0.5) is 10.8 Å². The van der Waals surface area contributed by atoms with Gasteiger partial charge in [-0.1, -0.05) is 35.6 Å². The number of benzene rings is 2. The molecule has 1 aromatic heterocycles. The van der Waals surface area contributed by atoms with Gasteiger partial charge in [0.25, 0.3) is 0 Å². The fraction of sp³-hybridized carbons (Fsp3) is 0.333. The molecule has 0 N–H and O–H groups in total. The van der Waals surface area contributed by atoms with Crippen LogP contribution in [0, 0.1) is 0 Å². The van der Waals surface area contributed by atoms with Crippen molar-refractivity contribution in [3.63, 3.8) is 0 Å². The van der Waals surface area contributed by atoms with Crippen molar-refractivity contribution in [2.75, 3.05) is 56.7 Å². The van der Waals surface area contributed by atoms with Crippen LogP contribution in [0.1, 0.15) is 0 Å². The third-order valence-electron chi connectivity index (χ3n) is 5.04. The summed E-state index contributed by atoms with van der Waals surface area (Å²) >= 11 is 1.62. The van der Waals surface area contributed by atoms with Crippen LogP contribution < -0.4 is 14.5 Å². The van der Waals surface area contributed by atoms with Gasteiger partial charge in [0.15, 0.2) is 5.13 Å². The number of aromatic nitrogens is 1. The van der Waals surface area contributed by atoms with Gasteiger partial charge in [-0.05, 0) is 24.3 Å². The number of hydrogen-bond acceptors (Lipinski definition) is 6. The molecular weight excluding hydrogens is 372 g/mol. The quantitative estimate of drug-likeness (QED) is 0.663. The first-order valence-electron chi connectivity index (χ1n) is 9.38. The third-order valence-corrected chi connectivity index (χ3v) is 6.19. The van der Waals surface area contributed by atoms with Crippen LogP contribution in [0.5, 0.6) is 5.75 Å². The van der Waals surface area contributed by atoms with E-state index in [-0.39, 0.29) is 5.91 Å². The number of thiazole rings is 1. The van der Waals surface area contributed by atoms with E-state index in [0.717, 1.165) is 39.9 Å². The van der Waals surface area contributed by atoms with Gasteiger partial charge in [-0.2, -0.15) is 0 Å². The van der Waals surface area contributed by atoms with Crippen molar-refractivity contribution in [3.05, 3.63) is 48.5 Å². The normalized spacial score (nSPS) is 14.4. The van der Waals surface area contributed by atoms with E-state index in [4.69, 9.17) is 4.74 Å². The molecule has 0 radical (unpaired) electrons. The molecule has 146 valence electrons. The molecule has 3 aromatic rings. The Morgan fingerprint density at radius 3 is 2.57 bits per heavy atom. The minimum atomic E-state index is 0.140. The lowest BCUT2D eigenvalue weighted by atomic mass is 10.2. The lowest BCUT2D eigenvalue weighted by Gasteiger charge is -2.37. The zero-order chi connectivity index (χ0) is 19.5. The second-order valence-corrected chi connectivity index (χ2v) is 7.87. The van der Waals surface area contributed by atoms with Gasteiger partial charge in [0.1, 0.15) is 5.75 Å². The molecule has 1 saturated heterocycles. The SMILES string of the molecule is COc1ccccc1N1CCN(C(=O)CN(C)c2nc3ccccc3s2)CC1. The summed E-state index contributed by atoms with van der Waals surface area (Å²) in [6.45, 7) is 3.37. The van der Waals surface area contributed by atoms with E-state index >= 15 is 0 Å². The molecule has 0 atom stereocenters. The number of ether oxygens (including phenoxy) is 1. The molecule has 2 heterocycles. The van der Waals surface area contributed by atoms with Gasteiger partial charge < -0.3 is 19.4 Å². The molecule has 7 heteroatoms. The number of anilines is 2. The van der Waals surface area contributed by atoms with Crippen molar-refractivity contribution in [2.45, 2.75) is 0 Å². The minimum Gasteiger partial charge on any atom is -0.495 e. The number of carbonyl (C=O) groups is 1. The Kier molecular flexibility index (Phi) is 5.34. The molecule has 4 rings (SSSR count). The smallest absolute Gasteiger partial charge is 0.242 e. The lowest BCUT2D eigenvalue weighted by Crippen LogP contribution is -2.51. The Labute approximate surface area is 168 Å². The molecule has 1 amide bonds. The Morgan fingerprint density at radius 1 is 1.11 bits per heavy atom. The van der Waals surface area contributed by atoms with E-state index in [1.807, 2.05) is 53.2 Å². The summed E-state index contributed by atoms with van der Waals surface area (Å²) < 4.78 is 6.61. The van der Waals surface area contributed by atoms with E-state index in [9.17, 15) is 4.79 Å². The average molecular weight is 397 g/mol. The van der Waals surface area contributed by atoms with E-state index < -0.39 is 0 Å². The number of carbonyl (C=O) groups excluding carboxylic acids is 1. The van der Waals surface area contributed by atoms with Crippen molar-refractivity contribution in [3.8, 4) is 5.75 Å². The molecular formula is C21H24N4O2S. The molecule has 28 heavy (non-hydrogen) atoms. The maximum Gasteiger partial charge on any atom is 0.242 e. The number of amides is 1. The minimum absolute atomic E-state index is 0.140. The molecule has 0 saturated carbocycles. The zero-order valence-electron chi connectivity index (χ0n) is 16.2. The molecule has 1 aliphatic rings. The van der Waals surface area contributed by atoms with Crippen LogP contribution in [-0.2, 0) is 4.79 Å². The van der Waals surface area contributed by atoms with Crippen molar-refractivity contribution in [1.29, 1.82) is 0 Å². The number of nitrogens with zero attached hydrogens (tertiary/aromatic N) is 4. The predicted molar refractivity (Wildman–Crippen MR) is 115 cm³/mol. The Morgan fingerprint density at radius 2 is 1.82 bits per heavy atom. The van der Waals surface area contributed by atoms with Gasteiger partial charge in [0.05, 0.1) is 29.6 Å². The number of likely N-dealkylation sites (N-methyl/N-ethyl adjacent to an activating group) is 1. The first-order chi connectivity index (χ1) is 13.7. The predicted octanol–water partition coefficient (Wildman–Crippen LogP) is 3.09. The highest BCUT2D eigenvalue weighted by Crippen LogP contribution is 2.29. The van der Waals surface area contributed by atoms with E-state index in [0.29, 0.717) is 19.6 Å². The monoisotopic (exact) mass is 396 g/mol. The number of methoxy groups -OCH3 is 1. The molecule has 1 fully saturated rings. The average Bonchev–Trinajstić information content (AvgIpc) is 3.18. The van der Waals surface area contributed by atoms with E-state index in [1.165, 1.54) is 0 Å². The Balaban J connectivity index is 1.36. The van der Waals surface area contributed by atoms with Gasteiger partial charge >= 0.3 is 0 Å². The highest BCUT2D eigenvalue weighted by molar-refractivity contribution is 7.22. The van der Waals surface area contributed by atoms with E-state index in [2.05, 4.69) is 22.0 Å². The summed E-state index contributed by atoms with van der Waals surface area (Å²) in [5, 5.41) is 0.877. The first-order valence-corrected chi connectivity index (χ1v) is 10.2. The third kappa shape index (κ3) is 3.75. The maximum absolute atomic E-state index is 12.8. The van der Waals surface area contributed by atoms with Gasteiger partial charge in [0.2, 0.25) is 5.91 Å². The highest BCUT2D eigenvalue weighted by atomic mass is 32.1. The zero-order valence-corrected chi connectivity index (χ0v) is 17.0. The summed E-state index contributed by atoms with van der Waals surface area (Å²) in [5.41, 5.74) is 2.07. The summed E-state index contributed by atoms with van der Waals surface area (Å²) in [5.74, 6) is 1.01. The molecule has 0 aliphatic carbocycles. The topological polar surface area (TPSA) is 48.9 Å². The van der Waals surface area contributed by atoms with Crippen LogP contribution in [0.25, 0.3) is 10.2 Å². The molecule has 1 aliphatic heterocycles. The number of hydrogen-bond donors (Lipinski definition) is 0. The van der Waals surface area contributed by atoms with Crippen LogP contribution >= 0.6 is 11.3 Å². The molecule has 0 bridgehead atoms. The second-order valence-electron chi connectivity index (χ2n) is 6.86. The highest BCUT2D eigenvalue weighted by Gasteiger charge is 2.24. The number of fused-ring (bicyclic) bond motifs is 1. The van der Waals surface area contributed by atoms with Crippen molar-refractivity contribution < 1.29 is 9.53 Å². The van der Waals surface area contributed by atoms with Gasteiger partial charge in [-0.3, -0.25) is 4.79 Å². The standard InChI is InChI=1S/C21H24N4O2S/c1-23(21-22-16-7-3-6-10-19(16)28-21)15-20(26)25-13-11-24(12-14-25)17-8-4-5-9-18(17)27-2/h3-10H,11-15H2,1-2H3. The Bertz CT molecular complexity index is 933. The fourth-order valence-electron chi connectivity index (χ4n) is 3.48. The maximum atomic E-state index is 12.8. The number of piperazine rings is 1. The number of rotatable bonds is 5. The Hall–Kier alpha value is -2.80. The largest absolute Gasteiger partial charge is 0.495 e. The van der Waals surface area contributed by atoms with E-state index in [1.54, 1.807) is 18.4 Å². The fourth-order valence-corrected chi connectivity index (χ4v) is 4.41. The second kappa shape index (κ2) is 8.06. The molecule has 0 spiro atoms. The van der Waals surface area contributed by atoms with Crippen molar-refractivity contribution in [1.82, 2.24) is 9.88 Å². The summed E-state index contributed by atoms with van der Waals surface area (Å²) in [4.78, 5) is 23.6. The van der Waals surface area contributed by atoms with Crippen molar-refractivity contribution in [2.24, 2.45) is 0 Å².